The van der Waals surface area contributed by atoms with Crippen LogP contribution in [0, 0.1) is 23.7 Å². The van der Waals surface area contributed by atoms with Gasteiger partial charge in [-0.1, -0.05) is 47.5 Å². The van der Waals surface area contributed by atoms with Gasteiger partial charge in [0.15, 0.2) is 12.6 Å². The van der Waals surface area contributed by atoms with Crippen LogP contribution in [0.2, 0.25) is 0 Å². The van der Waals surface area contributed by atoms with Gasteiger partial charge in [-0.3, -0.25) is 4.79 Å². The molecule has 0 aliphatic carbocycles. The zero-order valence-electron chi connectivity index (χ0n) is 36.9. The number of nitrogens with one attached hydrogen (secondary N) is 1. The minimum Gasteiger partial charge on any atom is -0.459 e. The number of hydrogen-bond acceptors (Lipinski definition) is 14. The van der Waals surface area contributed by atoms with E-state index in [0.717, 1.165) is 19.3 Å². The van der Waals surface area contributed by atoms with Crippen molar-refractivity contribution >= 4 is 5.97 Å². The Hall–Kier alpha value is -1.01. The van der Waals surface area contributed by atoms with E-state index in [1.54, 1.807) is 34.6 Å². The molecule has 0 aromatic rings. The number of cyclic esters (lactones) is 1. The van der Waals surface area contributed by atoms with E-state index in [0.29, 0.717) is 13.0 Å². The molecule has 0 amide bonds. The molecule has 8 unspecified atom stereocenters. The Morgan fingerprint density at radius 2 is 1.54 bits per heavy atom. The van der Waals surface area contributed by atoms with Crippen molar-refractivity contribution in [2.75, 3.05) is 27.7 Å². The number of aliphatic hydroxyl groups is 5. The van der Waals surface area contributed by atoms with Crippen LogP contribution in [0.15, 0.2) is 0 Å². The van der Waals surface area contributed by atoms with E-state index in [-0.39, 0.29) is 43.4 Å². The van der Waals surface area contributed by atoms with Gasteiger partial charge in [-0.2, -0.15) is 0 Å². The first-order valence-corrected chi connectivity index (χ1v) is 21.2. The van der Waals surface area contributed by atoms with E-state index in [1.807, 2.05) is 46.7 Å². The normalized spacial score (nSPS) is 47.7. The second kappa shape index (κ2) is 20.5. The Bertz CT molecular complexity index is 1210. The number of aliphatic hydroxyl groups excluding tert-OH is 3. The molecule has 0 spiro atoms. The second-order valence-corrected chi connectivity index (χ2v) is 18.4. The van der Waals surface area contributed by atoms with Crippen LogP contribution in [0.3, 0.4) is 0 Å². The molecule has 0 bridgehead atoms. The fourth-order valence-corrected chi connectivity index (χ4v) is 9.64. The summed E-state index contributed by atoms with van der Waals surface area (Å²) in [5, 5.41) is 63.0. The third-order valence-corrected chi connectivity index (χ3v) is 13.3. The number of unbranched alkanes of at least 4 members (excludes halogenated alkanes) is 2. The molecule has 19 atom stereocenters. The lowest BCUT2D eigenvalue weighted by Gasteiger charge is -2.49. The molecule has 3 heterocycles. The highest BCUT2D eigenvalue weighted by Gasteiger charge is 2.53. The predicted molar refractivity (Wildman–Crippen MR) is 213 cm³/mol. The van der Waals surface area contributed by atoms with E-state index in [2.05, 4.69) is 12.2 Å². The van der Waals surface area contributed by atoms with Gasteiger partial charge in [-0.15, -0.1) is 0 Å². The highest BCUT2D eigenvalue weighted by Crippen LogP contribution is 2.41. The number of carbonyl (C=O) groups is 1. The SMILES string of the molecule is CCCCCN[C@@H]1[C@H](C)[C@@H](O)[C@](C)(O)[C@@H](CC)OC(=O)[C@H](C)[C@@H](OC2CC(C)(OC)C(O)C(C)O2)[C@H](C)[C@@H](OC2OC(C)CC(N(C)C)C2O)[C@](C)(O)C[C@H]1C. The smallest absolute Gasteiger partial charge is 0.311 e. The molecular formula is C42H80N2O12. The van der Waals surface area contributed by atoms with Gasteiger partial charge in [0.1, 0.15) is 23.9 Å². The number of methoxy groups -OCH3 is 1. The molecule has 56 heavy (non-hydrogen) atoms. The van der Waals surface area contributed by atoms with Crippen molar-refractivity contribution in [1.29, 1.82) is 0 Å². The fourth-order valence-electron chi connectivity index (χ4n) is 9.64. The van der Waals surface area contributed by atoms with Crippen LogP contribution in [0.5, 0.6) is 0 Å². The van der Waals surface area contributed by atoms with Gasteiger partial charge in [0.25, 0.3) is 0 Å². The maximum atomic E-state index is 14.3. The van der Waals surface area contributed by atoms with Crippen molar-refractivity contribution in [2.24, 2.45) is 23.7 Å². The highest BCUT2D eigenvalue weighted by atomic mass is 16.7. The molecule has 0 saturated carbocycles. The van der Waals surface area contributed by atoms with Crippen LogP contribution in [0.1, 0.15) is 121 Å². The van der Waals surface area contributed by atoms with Crippen molar-refractivity contribution < 1.29 is 58.7 Å². The Balaban J connectivity index is 2.21. The first-order valence-electron chi connectivity index (χ1n) is 21.2. The minimum absolute atomic E-state index is 0.132. The molecule has 0 aromatic carbocycles. The molecule has 6 N–H and O–H groups in total. The summed E-state index contributed by atoms with van der Waals surface area (Å²) in [6.07, 6.45) is -5.40. The minimum atomic E-state index is -1.82. The predicted octanol–water partition coefficient (Wildman–Crippen LogP) is 3.36. The fraction of sp³-hybridized carbons (Fsp3) is 0.976. The summed E-state index contributed by atoms with van der Waals surface area (Å²) in [5.74, 6) is -3.25. The number of esters is 1. The number of nitrogens with zero attached hydrogens (tertiary/aromatic N) is 1. The van der Waals surface area contributed by atoms with Crippen molar-refractivity contribution in [1.82, 2.24) is 10.2 Å². The summed E-state index contributed by atoms with van der Waals surface area (Å²) >= 11 is 0. The number of likely N-dealkylation sites (N-methyl/N-ethyl adjacent to an activating group) is 1. The van der Waals surface area contributed by atoms with Gasteiger partial charge >= 0.3 is 5.97 Å². The maximum absolute atomic E-state index is 14.3. The molecule has 3 aliphatic rings. The number of rotatable bonds is 12. The second-order valence-electron chi connectivity index (χ2n) is 18.4. The van der Waals surface area contributed by atoms with E-state index in [4.69, 9.17) is 28.4 Å². The van der Waals surface area contributed by atoms with E-state index in [1.165, 1.54) is 14.0 Å². The van der Waals surface area contributed by atoms with Crippen molar-refractivity contribution in [3.63, 3.8) is 0 Å². The molecule has 14 nitrogen and oxygen atoms in total. The van der Waals surface area contributed by atoms with Crippen LogP contribution in [-0.2, 0) is 33.2 Å². The van der Waals surface area contributed by atoms with Gasteiger partial charge in [0, 0.05) is 37.5 Å². The maximum Gasteiger partial charge on any atom is 0.311 e. The Morgan fingerprint density at radius 3 is 2.11 bits per heavy atom. The lowest BCUT2D eigenvalue weighted by Crippen LogP contribution is -2.62. The van der Waals surface area contributed by atoms with E-state index >= 15 is 0 Å². The highest BCUT2D eigenvalue weighted by molar-refractivity contribution is 5.73. The average molecular weight is 805 g/mol. The van der Waals surface area contributed by atoms with Gasteiger partial charge in [0.2, 0.25) is 0 Å². The summed E-state index contributed by atoms with van der Waals surface area (Å²) in [5.41, 5.74) is -4.46. The lowest BCUT2D eigenvalue weighted by molar-refractivity contribution is -0.318. The van der Waals surface area contributed by atoms with E-state index < -0.39 is 95.8 Å². The molecule has 3 aliphatic heterocycles. The van der Waals surface area contributed by atoms with Gasteiger partial charge in [-0.05, 0) is 93.8 Å². The number of ether oxygens (including phenoxy) is 6. The van der Waals surface area contributed by atoms with Gasteiger partial charge < -0.3 is 64.2 Å². The summed E-state index contributed by atoms with van der Waals surface area (Å²) in [4.78, 5) is 16.3. The van der Waals surface area contributed by atoms with E-state index in [9.17, 15) is 30.3 Å². The average Bonchev–Trinajstić information content (AvgIpc) is 3.12. The Morgan fingerprint density at radius 1 is 0.893 bits per heavy atom. The number of hydrogen-bond donors (Lipinski definition) is 6. The van der Waals surface area contributed by atoms with Crippen molar-refractivity contribution in [3.8, 4) is 0 Å². The molecule has 3 saturated heterocycles. The van der Waals surface area contributed by atoms with Gasteiger partial charge in [0.05, 0.1) is 47.6 Å². The summed E-state index contributed by atoms with van der Waals surface area (Å²) in [7, 11) is 5.30. The Kier molecular flexibility index (Phi) is 18.1. The number of carbonyl (C=O) groups excluding carboxylic acids is 1. The topological polar surface area (TPSA) is 189 Å². The molecule has 3 fully saturated rings. The first-order chi connectivity index (χ1) is 26.0. The third kappa shape index (κ3) is 11.4. The lowest BCUT2D eigenvalue weighted by atomic mass is 9.72. The quantitative estimate of drug-likeness (QED) is 0.125. The summed E-state index contributed by atoms with van der Waals surface area (Å²) in [6.45, 7) is 20.6. The molecule has 3 rings (SSSR count). The summed E-state index contributed by atoms with van der Waals surface area (Å²) < 4.78 is 37.9. The van der Waals surface area contributed by atoms with Crippen molar-refractivity contribution in [2.45, 2.75) is 211 Å². The third-order valence-electron chi connectivity index (χ3n) is 13.3. The monoisotopic (exact) mass is 805 g/mol. The van der Waals surface area contributed by atoms with Crippen LogP contribution in [0.4, 0.5) is 0 Å². The van der Waals surface area contributed by atoms with Crippen LogP contribution < -0.4 is 5.32 Å². The first kappa shape index (κ1) is 49.4. The molecule has 0 aromatic heterocycles. The van der Waals surface area contributed by atoms with Crippen LogP contribution in [-0.4, -0.2) is 154 Å². The zero-order chi connectivity index (χ0) is 42.5. The molecule has 330 valence electrons. The van der Waals surface area contributed by atoms with Crippen molar-refractivity contribution in [3.05, 3.63) is 0 Å². The molecule has 0 radical (unpaired) electrons. The van der Waals surface area contributed by atoms with Gasteiger partial charge in [-0.25, -0.2) is 0 Å². The summed E-state index contributed by atoms with van der Waals surface area (Å²) in [6, 6.07) is -0.654. The Labute approximate surface area is 337 Å². The zero-order valence-corrected chi connectivity index (χ0v) is 36.9. The standard InChI is InChI=1S/C42H80N2O12/c1-15-17-18-19-43-32-23(3)21-40(9,49)37(56-39-33(45)29(44(12)13)20-24(4)52-39)26(6)34(55-31-22-41(10,51-14)36(47)28(8)53-31)27(7)38(48)54-30(16-2)42(11,50)35(46)25(32)5/h23-37,39,43,45-47,49-50H,15-22H2,1-14H3/t23-,24?,25+,26+,27-,28?,29?,30-,31?,32+,33?,34+,35-,36?,37-,39?,40-,41?,42-/m1/s1. The molecular weight excluding hydrogens is 724 g/mol. The molecule has 14 heteroatoms. The van der Waals surface area contributed by atoms with Crippen LogP contribution in [0.25, 0.3) is 0 Å². The largest absolute Gasteiger partial charge is 0.459 e. The van der Waals surface area contributed by atoms with Crippen LogP contribution >= 0.6 is 0 Å².